The van der Waals surface area contributed by atoms with Crippen LogP contribution in [0.2, 0.25) is 5.02 Å². The van der Waals surface area contributed by atoms with E-state index in [1.807, 2.05) is 0 Å². The number of piperidine rings is 1. The van der Waals surface area contributed by atoms with Gasteiger partial charge in [-0.15, -0.1) is 0 Å². The number of carboxylic acid groups (broad SMARTS) is 1. The summed E-state index contributed by atoms with van der Waals surface area (Å²) >= 11 is 5.95. The molecule has 1 N–H and O–H groups in total. The Bertz CT molecular complexity index is 544. The number of halogens is 2. The number of amides is 1. The Labute approximate surface area is 133 Å². The first-order valence-electron chi connectivity index (χ1n) is 7.40. The zero-order valence-electron chi connectivity index (χ0n) is 12.2. The minimum atomic E-state index is -0.818. The van der Waals surface area contributed by atoms with Crippen LogP contribution in [-0.4, -0.2) is 35.0 Å². The van der Waals surface area contributed by atoms with E-state index in [-0.39, 0.29) is 35.3 Å². The zero-order chi connectivity index (χ0) is 16.1. The Kier molecular flexibility index (Phi) is 5.77. The second-order valence-electron chi connectivity index (χ2n) is 5.66. The van der Waals surface area contributed by atoms with Crippen molar-refractivity contribution in [2.24, 2.45) is 5.92 Å². The van der Waals surface area contributed by atoms with Crippen LogP contribution in [-0.2, 0) is 16.0 Å². The maximum absolute atomic E-state index is 13.7. The quantitative estimate of drug-likeness (QED) is 0.904. The molecule has 1 saturated heterocycles. The van der Waals surface area contributed by atoms with Crippen molar-refractivity contribution in [2.75, 3.05) is 13.1 Å². The SMILES string of the molecule is O=C(O)CC[C@@H]1CCCN(C(=O)Cc2c(F)cccc2Cl)C1. The monoisotopic (exact) mass is 327 g/mol. The number of rotatable bonds is 5. The molecule has 0 radical (unpaired) electrons. The van der Waals surface area contributed by atoms with E-state index in [4.69, 9.17) is 16.7 Å². The van der Waals surface area contributed by atoms with Crippen LogP contribution in [0.1, 0.15) is 31.2 Å². The van der Waals surface area contributed by atoms with Gasteiger partial charge >= 0.3 is 5.97 Å². The van der Waals surface area contributed by atoms with Crippen molar-refractivity contribution >= 4 is 23.5 Å². The molecule has 1 heterocycles. The minimum Gasteiger partial charge on any atom is -0.481 e. The van der Waals surface area contributed by atoms with Gasteiger partial charge in [-0.2, -0.15) is 0 Å². The van der Waals surface area contributed by atoms with E-state index in [2.05, 4.69) is 0 Å². The van der Waals surface area contributed by atoms with Crippen molar-refractivity contribution < 1.29 is 19.1 Å². The minimum absolute atomic E-state index is 0.0584. The van der Waals surface area contributed by atoms with Gasteiger partial charge in [-0.1, -0.05) is 17.7 Å². The van der Waals surface area contributed by atoms with Crippen molar-refractivity contribution in [3.05, 3.63) is 34.6 Å². The zero-order valence-corrected chi connectivity index (χ0v) is 13.0. The first-order chi connectivity index (χ1) is 10.5. The van der Waals surface area contributed by atoms with Gasteiger partial charge in [0.05, 0.1) is 6.42 Å². The van der Waals surface area contributed by atoms with Crippen molar-refractivity contribution in [2.45, 2.75) is 32.1 Å². The number of hydrogen-bond acceptors (Lipinski definition) is 2. The van der Waals surface area contributed by atoms with Crippen LogP contribution in [0, 0.1) is 11.7 Å². The Morgan fingerprint density at radius 3 is 2.86 bits per heavy atom. The van der Waals surface area contributed by atoms with E-state index in [0.717, 1.165) is 12.8 Å². The first-order valence-corrected chi connectivity index (χ1v) is 7.77. The average Bonchev–Trinajstić information content (AvgIpc) is 2.49. The Balaban J connectivity index is 1.96. The highest BCUT2D eigenvalue weighted by molar-refractivity contribution is 6.31. The molecule has 1 aliphatic heterocycles. The highest BCUT2D eigenvalue weighted by Crippen LogP contribution is 2.24. The first kappa shape index (κ1) is 16.7. The van der Waals surface area contributed by atoms with Crippen LogP contribution in [0.5, 0.6) is 0 Å². The van der Waals surface area contributed by atoms with Gasteiger partial charge in [0.1, 0.15) is 5.82 Å². The van der Waals surface area contributed by atoms with Gasteiger partial charge in [0, 0.05) is 30.1 Å². The molecule has 0 aliphatic carbocycles. The molecule has 0 unspecified atom stereocenters. The number of aliphatic carboxylic acids is 1. The van der Waals surface area contributed by atoms with Gasteiger partial charge in [0.2, 0.25) is 5.91 Å². The predicted octanol–water partition coefficient (Wildman–Crippen LogP) is 3.13. The second-order valence-corrected chi connectivity index (χ2v) is 6.06. The predicted molar refractivity (Wildman–Crippen MR) is 81.3 cm³/mol. The fraction of sp³-hybridized carbons (Fsp3) is 0.500. The van der Waals surface area contributed by atoms with Crippen molar-refractivity contribution in [1.82, 2.24) is 4.90 Å². The standard InChI is InChI=1S/C16H19ClFNO3/c17-13-4-1-5-14(18)12(13)9-15(20)19-8-2-3-11(10-19)6-7-16(21)22/h1,4-5,11H,2-3,6-10H2,(H,21,22)/t11-/m0/s1. The van der Waals surface area contributed by atoms with Crippen LogP contribution >= 0.6 is 11.6 Å². The Morgan fingerprint density at radius 1 is 1.41 bits per heavy atom. The highest BCUT2D eigenvalue weighted by atomic mass is 35.5. The second kappa shape index (κ2) is 7.58. The third kappa shape index (κ3) is 4.44. The third-order valence-corrected chi connectivity index (χ3v) is 4.38. The number of likely N-dealkylation sites (tertiary alicyclic amines) is 1. The van der Waals surface area contributed by atoms with Crippen LogP contribution in [0.4, 0.5) is 4.39 Å². The van der Waals surface area contributed by atoms with Crippen molar-refractivity contribution in [1.29, 1.82) is 0 Å². The fourth-order valence-corrected chi connectivity index (χ4v) is 3.05. The Hall–Kier alpha value is -1.62. The number of benzene rings is 1. The molecule has 4 nitrogen and oxygen atoms in total. The fourth-order valence-electron chi connectivity index (χ4n) is 2.82. The summed E-state index contributed by atoms with van der Waals surface area (Å²) in [6.07, 6.45) is 2.40. The van der Waals surface area contributed by atoms with Gasteiger partial charge in [-0.3, -0.25) is 9.59 Å². The van der Waals surface area contributed by atoms with E-state index in [0.29, 0.717) is 19.5 Å². The maximum atomic E-state index is 13.7. The van der Waals surface area contributed by atoms with E-state index >= 15 is 0 Å². The number of carbonyl (C=O) groups excluding carboxylic acids is 1. The lowest BCUT2D eigenvalue weighted by atomic mass is 9.93. The Morgan fingerprint density at radius 2 is 2.18 bits per heavy atom. The molecule has 1 atom stereocenters. The van der Waals surface area contributed by atoms with Gasteiger partial charge in [0.25, 0.3) is 0 Å². The molecular weight excluding hydrogens is 309 g/mol. The molecular formula is C16H19ClFNO3. The molecule has 0 bridgehead atoms. The van der Waals surface area contributed by atoms with Crippen molar-refractivity contribution in [3.63, 3.8) is 0 Å². The molecule has 6 heteroatoms. The number of nitrogens with zero attached hydrogens (tertiary/aromatic N) is 1. The van der Waals surface area contributed by atoms with Crippen LogP contribution in [0.15, 0.2) is 18.2 Å². The average molecular weight is 328 g/mol. The number of hydrogen-bond donors (Lipinski definition) is 1. The smallest absolute Gasteiger partial charge is 0.303 e. The lowest BCUT2D eigenvalue weighted by Crippen LogP contribution is -2.41. The summed E-state index contributed by atoms with van der Waals surface area (Å²) in [5, 5.41) is 9.00. The largest absolute Gasteiger partial charge is 0.481 e. The van der Waals surface area contributed by atoms with Crippen LogP contribution in [0.25, 0.3) is 0 Å². The highest BCUT2D eigenvalue weighted by Gasteiger charge is 2.25. The molecule has 1 aromatic rings. The molecule has 0 saturated carbocycles. The van der Waals surface area contributed by atoms with Gasteiger partial charge in [-0.05, 0) is 37.3 Å². The maximum Gasteiger partial charge on any atom is 0.303 e. The summed E-state index contributed by atoms with van der Waals surface area (Å²) in [5.74, 6) is -1.25. The molecule has 1 aromatic carbocycles. The summed E-state index contributed by atoms with van der Waals surface area (Å²) < 4.78 is 13.7. The summed E-state index contributed by atoms with van der Waals surface area (Å²) in [6, 6.07) is 4.37. The molecule has 1 aliphatic rings. The molecule has 0 spiro atoms. The van der Waals surface area contributed by atoms with Crippen LogP contribution in [0.3, 0.4) is 0 Å². The van der Waals surface area contributed by atoms with E-state index in [9.17, 15) is 14.0 Å². The molecule has 1 fully saturated rings. The van der Waals surface area contributed by atoms with E-state index in [1.54, 1.807) is 11.0 Å². The van der Waals surface area contributed by atoms with Gasteiger partial charge < -0.3 is 10.0 Å². The number of carbonyl (C=O) groups is 2. The molecule has 22 heavy (non-hydrogen) atoms. The molecule has 2 rings (SSSR count). The van der Waals surface area contributed by atoms with E-state index in [1.165, 1.54) is 12.1 Å². The summed E-state index contributed by atoms with van der Waals surface area (Å²) in [4.78, 5) is 24.7. The molecule has 120 valence electrons. The normalized spacial score (nSPS) is 18.3. The summed E-state index contributed by atoms with van der Waals surface area (Å²) in [6.45, 7) is 1.17. The molecule has 1 amide bonds. The lowest BCUT2D eigenvalue weighted by molar-refractivity contribution is -0.137. The topological polar surface area (TPSA) is 57.6 Å². The van der Waals surface area contributed by atoms with Gasteiger partial charge in [-0.25, -0.2) is 4.39 Å². The third-order valence-electron chi connectivity index (χ3n) is 4.03. The van der Waals surface area contributed by atoms with E-state index < -0.39 is 11.8 Å². The summed E-state index contributed by atoms with van der Waals surface area (Å²) in [5.41, 5.74) is 0.224. The van der Waals surface area contributed by atoms with Crippen LogP contribution < -0.4 is 0 Å². The van der Waals surface area contributed by atoms with Crippen molar-refractivity contribution in [3.8, 4) is 0 Å². The summed E-state index contributed by atoms with van der Waals surface area (Å²) in [7, 11) is 0. The molecule has 0 aromatic heterocycles. The van der Waals surface area contributed by atoms with Gasteiger partial charge in [0.15, 0.2) is 0 Å². The number of carboxylic acids is 1. The lowest BCUT2D eigenvalue weighted by Gasteiger charge is -2.32.